The first-order chi connectivity index (χ1) is 11.1. The quantitative estimate of drug-likeness (QED) is 0.710. The Bertz CT molecular complexity index is 897. The second-order valence-electron chi connectivity index (χ2n) is 6.06. The number of aromatic nitrogens is 2. The maximum absolute atomic E-state index is 9.34. The van der Waals surface area contributed by atoms with Gasteiger partial charge in [0.05, 0.1) is 29.2 Å². The number of fused-ring (bicyclic) bond motifs is 1. The molecule has 0 unspecified atom stereocenters. The summed E-state index contributed by atoms with van der Waals surface area (Å²) in [4.78, 5) is 4.84. The minimum Gasteiger partial charge on any atom is -0.323 e. The molecule has 0 saturated heterocycles. The molecule has 0 radical (unpaired) electrons. The van der Waals surface area contributed by atoms with Gasteiger partial charge in [-0.15, -0.1) is 0 Å². The van der Waals surface area contributed by atoms with E-state index < -0.39 is 0 Å². The van der Waals surface area contributed by atoms with Crippen LogP contribution in [0, 0.1) is 25.2 Å². The normalized spacial score (nSPS) is 10.9. The van der Waals surface area contributed by atoms with Crippen LogP contribution in [0.25, 0.3) is 11.0 Å². The van der Waals surface area contributed by atoms with Gasteiger partial charge in [0.2, 0.25) is 0 Å². The molecule has 0 amide bonds. The average molecular weight is 303 g/mol. The van der Waals surface area contributed by atoms with Gasteiger partial charge >= 0.3 is 0 Å². The molecule has 0 saturated carbocycles. The lowest BCUT2D eigenvalue weighted by molar-refractivity contribution is 0.720. The molecule has 3 aromatic rings. The maximum Gasteiger partial charge on any atom is 0.110 e. The van der Waals surface area contributed by atoms with Crippen LogP contribution in [0.5, 0.6) is 0 Å². The van der Waals surface area contributed by atoms with E-state index in [2.05, 4.69) is 43.5 Å². The van der Waals surface area contributed by atoms with Crippen molar-refractivity contribution in [3.05, 3.63) is 64.5 Å². The van der Waals surface area contributed by atoms with Crippen molar-refractivity contribution in [2.24, 2.45) is 0 Å². The van der Waals surface area contributed by atoms with Crippen LogP contribution < -0.4 is 0 Å². The van der Waals surface area contributed by atoms with Gasteiger partial charge in [0.25, 0.3) is 0 Å². The van der Waals surface area contributed by atoms with Crippen LogP contribution in [-0.4, -0.2) is 9.55 Å². The van der Waals surface area contributed by atoms with Gasteiger partial charge in [-0.1, -0.05) is 25.1 Å². The van der Waals surface area contributed by atoms with Crippen LogP contribution >= 0.6 is 0 Å². The third-order valence-corrected chi connectivity index (χ3v) is 4.38. The molecule has 3 heteroatoms. The van der Waals surface area contributed by atoms with Crippen LogP contribution in [0.4, 0.5) is 0 Å². The van der Waals surface area contributed by atoms with Crippen molar-refractivity contribution < 1.29 is 0 Å². The van der Waals surface area contributed by atoms with Gasteiger partial charge in [-0.3, -0.25) is 0 Å². The van der Waals surface area contributed by atoms with Gasteiger partial charge in [0.1, 0.15) is 5.82 Å². The molecule has 23 heavy (non-hydrogen) atoms. The number of rotatable bonds is 4. The summed E-state index contributed by atoms with van der Waals surface area (Å²) >= 11 is 0. The second-order valence-corrected chi connectivity index (χ2v) is 6.06. The maximum atomic E-state index is 9.34. The lowest BCUT2D eigenvalue weighted by atomic mass is 10.1. The van der Waals surface area contributed by atoms with Crippen LogP contribution in [0.3, 0.4) is 0 Å². The highest BCUT2D eigenvalue weighted by Gasteiger charge is 2.13. The largest absolute Gasteiger partial charge is 0.323 e. The van der Waals surface area contributed by atoms with Gasteiger partial charge in [-0.25, -0.2) is 4.98 Å². The monoisotopic (exact) mass is 303 g/mol. The zero-order valence-corrected chi connectivity index (χ0v) is 13.9. The predicted octanol–water partition coefficient (Wildman–Crippen LogP) is 4.53. The van der Waals surface area contributed by atoms with Crippen molar-refractivity contribution in [2.45, 2.75) is 40.2 Å². The van der Waals surface area contributed by atoms with E-state index in [9.17, 15) is 5.26 Å². The molecular weight excluding hydrogens is 282 g/mol. The van der Waals surface area contributed by atoms with Gasteiger partial charge in [0.15, 0.2) is 0 Å². The number of hydrogen-bond acceptors (Lipinski definition) is 2. The van der Waals surface area contributed by atoms with Crippen molar-refractivity contribution in [3.8, 4) is 6.07 Å². The van der Waals surface area contributed by atoms with E-state index >= 15 is 0 Å². The number of nitriles is 1. The lowest BCUT2D eigenvalue weighted by Crippen LogP contribution is -2.06. The predicted molar refractivity (Wildman–Crippen MR) is 93.5 cm³/mol. The van der Waals surface area contributed by atoms with Gasteiger partial charge in [-0.2, -0.15) is 5.26 Å². The molecule has 2 aromatic carbocycles. The fourth-order valence-electron chi connectivity index (χ4n) is 2.96. The number of imidazole rings is 1. The second kappa shape index (κ2) is 6.26. The highest BCUT2D eigenvalue weighted by atomic mass is 15.1. The summed E-state index contributed by atoms with van der Waals surface area (Å²) in [5, 5.41) is 9.34. The summed E-state index contributed by atoms with van der Waals surface area (Å²) in [6.07, 6.45) is 2.00. The van der Waals surface area contributed by atoms with Gasteiger partial charge in [0, 0.05) is 6.42 Å². The van der Waals surface area contributed by atoms with Gasteiger partial charge in [-0.05, 0) is 55.2 Å². The zero-order chi connectivity index (χ0) is 16.4. The molecule has 0 aliphatic carbocycles. The molecule has 0 fully saturated rings. The van der Waals surface area contributed by atoms with E-state index in [1.807, 2.05) is 24.3 Å². The Morgan fingerprint density at radius 2 is 1.87 bits per heavy atom. The van der Waals surface area contributed by atoms with Crippen LogP contribution in [0.2, 0.25) is 0 Å². The fourth-order valence-corrected chi connectivity index (χ4v) is 2.96. The topological polar surface area (TPSA) is 41.6 Å². The van der Waals surface area contributed by atoms with E-state index in [0.29, 0.717) is 6.54 Å². The summed E-state index contributed by atoms with van der Waals surface area (Å²) in [6.45, 7) is 7.12. The Morgan fingerprint density at radius 1 is 1.13 bits per heavy atom. The van der Waals surface area contributed by atoms with E-state index in [0.717, 1.165) is 40.8 Å². The summed E-state index contributed by atoms with van der Waals surface area (Å²) in [6, 6.07) is 14.5. The lowest BCUT2D eigenvalue weighted by Gasteiger charge is -2.11. The van der Waals surface area contributed by atoms with Crippen molar-refractivity contribution >= 4 is 11.0 Å². The number of aryl methyl sites for hydroxylation is 3. The smallest absolute Gasteiger partial charge is 0.110 e. The zero-order valence-electron chi connectivity index (χ0n) is 13.9. The van der Waals surface area contributed by atoms with Crippen molar-refractivity contribution in [3.63, 3.8) is 0 Å². The summed E-state index contributed by atoms with van der Waals surface area (Å²) in [5.74, 6) is 1.10. The van der Waals surface area contributed by atoms with Crippen LogP contribution in [0.1, 0.15) is 41.4 Å². The Morgan fingerprint density at radius 3 is 2.61 bits per heavy atom. The Hall–Kier alpha value is -2.60. The number of benzene rings is 2. The highest BCUT2D eigenvalue weighted by Crippen LogP contribution is 2.23. The molecule has 3 nitrogen and oxygen atoms in total. The van der Waals surface area contributed by atoms with Crippen molar-refractivity contribution in [1.82, 2.24) is 9.55 Å². The fraction of sp³-hybridized carbons (Fsp3) is 0.300. The first-order valence-corrected chi connectivity index (χ1v) is 8.08. The highest BCUT2D eigenvalue weighted by molar-refractivity contribution is 5.78. The number of hydrogen-bond donors (Lipinski definition) is 0. The molecule has 3 rings (SSSR count). The van der Waals surface area contributed by atoms with Crippen LogP contribution in [0.15, 0.2) is 36.4 Å². The molecule has 0 N–H and O–H groups in total. The Balaban J connectivity index is 2.16. The average Bonchev–Trinajstić information content (AvgIpc) is 2.86. The first kappa shape index (κ1) is 15.3. The first-order valence-electron chi connectivity index (χ1n) is 8.08. The third kappa shape index (κ3) is 2.85. The minimum absolute atomic E-state index is 0.693. The SMILES string of the molecule is CCCc1nc2cc(C)c(C)cc2n1Cc1ccccc1C#N. The third-order valence-electron chi connectivity index (χ3n) is 4.38. The van der Waals surface area contributed by atoms with Crippen molar-refractivity contribution in [2.75, 3.05) is 0 Å². The molecule has 116 valence electrons. The molecule has 0 aliphatic heterocycles. The summed E-state index contributed by atoms with van der Waals surface area (Å²) in [5.41, 5.74) is 6.53. The number of nitrogens with zero attached hydrogens (tertiary/aromatic N) is 3. The van der Waals surface area contributed by atoms with Crippen LogP contribution in [-0.2, 0) is 13.0 Å². The van der Waals surface area contributed by atoms with E-state index in [1.165, 1.54) is 11.1 Å². The molecule has 1 aromatic heterocycles. The molecule has 0 aliphatic rings. The van der Waals surface area contributed by atoms with E-state index in [1.54, 1.807) is 0 Å². The molecule has 1 heterocycles. The molecular formula is C20H21N3. The minimum atomic E-state index is 0.693. The molecule has 0 spiro atoms. The van der Waals surface area contributed by atoms with Crippen molar-refractivity contribution in [1.29, 1.82) is 5.26 Å². The van der Waals surface area contributed by atoms with Gasteiger partial charge < -0.3 is 4.57 Å². The molecule has 0 atom stereocenters. The summed E-state index contributed by atoms with van der Waals surface area (Å²) < 4.78 is 2.27. The summed E-state index contributed by atoms with van der Waals surface area (Å²) in [7, 11) is 0. The Labute approximate surface area is 137 Å². The standard InChI is InChI=1S/C20H21N3/c1-4-7-20-22-18-10-14(2)15(3)11-19(18)23(20)13-17-9-6-5-8-16(17)12-21/h5-6,8-11H,4,7,13H2,1-3H3. The van der Waals surface area contributed by atoms with E-state index in [4.69, 9.17) is 4.98 Å². The molecule has 0 bridgehead atoms. The Kier molecular flexibility index (Phi) is 4.16. The van der Waals surface area contributed by atoms with E-state index in [-0.39, 0.29) is 0 Å².